The van der Waals surface area contributed by atoms with Crippen molar-refractivity contribution < 1.29 is 9.53 Å². The predicted octanol–water partition coefficient (Wildman–Crippen LogP) is 4.91. The van der Waals surface area contributed by atoms with Gasteiger partial charge in [-0.15, -0.1) is 11.3 Å². The van der Waals surface area contributed by atoms with Gasteiger partial charge in [-0.25, -0.2) is 4.79 Å². The summed E-state index contributed by atoms with van der Waals surface area (Å²) in [6.07, 6.45) is 12.5. The first-order chi connectivity index (χ1) is 13.6. The van der Waals surface area contributed by atoms with Crippen molar-refractivity contribution in [1.82, 2.24) is 5.32 Å². The number of methoxy groups -OCH3 is 1. The normalized spacial score (nSPS) is 33.1. The van der Waals surface area contributed by atoms with Crippen LogP contribution in [0.1, 0.15) is 72.2 Å². The Morgan fingerprint density at radius 3 is 2.39 bits per heavy atom. The number of hydrogen-bond acceptors (Lipinski definition) is 4. The van der Waals surface area contributed by atoms with Crippen LogP contribution in [0.2, 0.25) is 0 Å². The number of fused-ring (bicyclic) bond motifs is 1. The first-order valence-electron chi connectivity index (χ1n) is 10.9. The van der Waals surface area contributed by atoms with Crippen LogP contribution in [-0.2, 0) is 17.6 Å². The molecule has 0 atom stereocenters. The van der Waals surface area contributed by atoms with Gasteiger partial charge in [0.15, 0.2) is 5.11 Å². The minimum absolute atomic E-state index is 0.237. The lowest BCUT2D eigenvalue weighted by Crippen LogP contribution is -2.56. The Bertz CT molecular complexity index is 760. The lowest BCUT2D eigenvalue weighted by Gasteiger charge is -2.54. The highest BCUT2D eigenvalue weighted by Crippen LogP contribution is 2.53. The molecular formula is C22H30N2O2S2. The number of aryl methyl sites for hydroxylation is 1. The zero-order valence-electron chi connectivity index (χ0n) is 16.6. The van der Waals surface area contributed by atoms with Crippen LogP contribution in [0.5, 0.6) is 0 Å². The molecule has 0 aromatic carbocycles. The summed E-state index contributed by atoms with van der Waals surface area (Å²) in [5.41, 5.74) is 1.91. The minimum Gasteiger partial charge on any atom is -0.465 e. The molecule has 4 nitrogen and oxygen atoms in total. The summed E-state index contributed by atoms with van der Waals surface area (Å²) in [4.78, 5) is 13.9. The molecule has 1 aromatic rings. The molecule has 6 rings (SSSR count). The molecule has 5 aliphatic rings. The third kappa shape index (κ3) is 3.36. The lowest BCUT2D eigenvalue weighted by molar-refractivity contribution is -0.00665. The van der Waals surface area contributed by atoms with Crippen LogP contribution in [0.4, 0.5) is 5.00 Å². The molecule has 1 aromatic heterocycles. The average Bonchev–Trinajstić information content (AvgIpc) is 2.84. The molecule has 4 bridgehead atoms. The van der Waals surface area contributed by atoms with Gasteiger partial charge in [0.05, 0.1) is 12.7 Å². The summed E-state index contributed by atoms with van der Waals surface area (Å²) in [7, 11) is 1.47. The Kier molecular flexibility index (Phi) is 5.12. The first kappa shape index (κ1) is 18.9. The molecule has 4 fully saturated rings. The van der Waals surface area contributed by atoms with Gasteiger partial charge < -0.3 is 15.4 Å². The van der Waals surface area contributed by atoms with Crippen LogP contribution < -0.4 is 10.6 Å². The van der Waals surface area contributed by atoms with Gasteiger partial charge in [-0.2, -0.15) is 0 Å². The molecule has 2 N–H and O–H groups in total. The second-order valence-electron chi connectivity index (χ2n) is 9.32. The number of nitrogens with one attached hydrogen (secondary N) is 2. The van der Waals surface area contributed by atoms with Crippen LogP contribution in [0.25, 0.3) is 0 Å². The zero-order chi connectivity index (χ0) is 19.3. The summed E-state index contributed by atoms with van der Waals surface area (Å²) in [6.45, 7) is 0. The third-order valence-corrected chi connectivity index (χ3v) is 8.99. The molecule has 28 heavy (non-hydrogen) atoms. The molecule has 152 valence electrons. The number of thiocarbonyl (C=S) groups is 1. The van der Waals surface area contributed by atoms with Crippen molar-refractivity contribution in [2.45, 2.75) is 70.3 Å². The van der Waals surface area contributed by atoms with E-state index in [2.05, 4.69) is 10.6 Å². The van der Waals surface area contributed by atoms with E-state index >= 15 is 0 Å². The average molecular weight is 419 g/mol. The Morgan fingerprint density at radius 2 is 1.71 bits per heavy atom. The van der Waals surface area contributed by atoms with Crippen molar-refractivity contribution in [2.24, 2.45) is 23.7 Å². The van der Waals surface area contributed by atoms with Crippen molar-refractivity contribution in [1.29, 1.82) is 0 Å². The number of anilines is 1. The van der Waals surface area contributed by atoms with Crippen LogP contribution in [0.3, 0.4) is 0 Å². The number of hydrogen-bond donors (Lipinski definition) is 2. The van der Waals surface area contributed by atoms with E-state index in [4.69, 9.17) is 17.0 Å². The van der Waals surface area contributed by atoms with E-state index in [1.807, 2.05) is 0 Å². The fraction of sp³-hybridized carbons (Fsp3) is 0.727. The van der Waals surface area contributed by atoms with Crippen molar-refractivity contribution >= 4 is 39.6 Å². The highest BCUT2D eigenvalue weighted by atomic mass is 32.1. The number of thiophene rings is 1. The van der Waals surface area contributed by atoms with E-state index in [-0.39, 0.29) is 5.97 Å². The van der Waals surface area contributed by atoms with Crippen LogP contribution >= 0.6 is 23.6 Å². The molecule has 0 saturated heterocycles. The quantitative estimate of drug-likeness (QED) is 0.415. The molecule has 0 unspecified atom stereocenters. The van der Waals surface area contributed by atoms with Crippen molar-refractivity contribution in [2.75, 3.05) is 12.4 Å². The number of carbonyl (C=O) groups is 1. The monoisotopic (exact) mass is 418 g/mol. The molecule has 6 heteroatoms. The van der Waals surface area contributed by atoms with Gasteiger partial charge in [0, 0.05) is 10.9 Å². The second-order valence-corrected chi connectivity index (χ2v) is 10.8. The summed E-state index contributed by atoms with van der Waals surface area (Å²) in [5.74, 6) is 3.23. The highest BCUT2D eigenvalue weighted by molar-refractivity contribution is 7.80. The summed E-state index contributed by atoms with van der Waals surface area (Å²) in [6, 6.07) is 0.507. The molecule has 1 heterocycles. The highest BCUT2D eigenvalue weighted by Gasteiger charge is 2.48. The molecule has 4 saturated carbocycles. The smallest absolute Gasteiger partial charge is 0.341 e. The van der Waals surface area contributed by atoms with Crippen molar-refractivity contribution in [3.8, 4) is 0 Å². The van der Waals surface area contributed by atoms with Gasteiger partial charge in [-0.1, -0.05) is 6.42 Å². The van der Waals surface area contributed by atoms with Crippen LogP contribution in [0.15, 0.2) is 0 Å². The minimum atomic E-state index is -0.237. The Labute approximate surface area is 176 Å². The van der Waals surface area contributed by atoms with E-state index in [0.29, 0.717) is 11.2 Å². The number of esters is 1. The van der Waals surface area contributed by atoms with Gasteiger partial charge in [0.2, 0.25) is 0 Å². The van der Waals surface area contributed by atoms with Gasteiger partial charge in [0.25, 0.3) is 0 Å². The number of rotatable bonds is 3. The standard InChI is InChI=1S/C22H30N2O2S2/c1-26-21(25)18-16-5-3-2-4-6-17(16)28-20(18)24-22(27)23-19-14-8-12-7-13(10-14)11-15(19)9-12/h12-15,19H,2-11H2,1H3,(H2,23,24,27). The van der Waals surface area contributed by atoms with Gasteiger partial charge in [-0.05, 0) is 99.2 Å². The fourth-order valence-corrected chi connectivity index (χ4v) is 8.18. The van der Waals surface area contributed by atoms with Gasteiger partial charge in [0.1, 0.15) is 5.00 Å². The Hall–Kier alpha value is -1.14. The van der Waals surface area contributed by atoms with E-state index < -0.39 is 0 Å². The summed E-state index contributed by atoms with van der Waals surface area (Å²) >= 11 is 7.42. The van der Waals surface area contributed by atoms with Crippen molar-refractivity contribution in [3.05, 3.63) is 16.0 Å². The molecule has 0 amide bonds. The third-order valence-electron chi connectivity index (χ3n) is 7.56. The molecule has 5 aliphatic carbocycles. The lowest BCUT2D eigenvalue weighted by atomic mass is 9.54. The van der Waals surface area contributed by atoms with Crippen molar-refractivity contribution in [3.63, 3.8) is 0 Å². The molecule has 0 aliphatic heterocycles. The van der Waals surface area contributed by atoms with E-state index in [0.717, 1.165) is 53.5 Å². The maximum atomic E-state index is 12.5. The second kappa shape index (κ2) is 7.60. The Morgan fingerprint density at radius 1 is 1.04 bits per heavy atom. The molecular weight excluding hydrogens is 388 g/mol. The topological polar surface area (TPSA) is 50.4 Å². The zero-order valence-corrected chi connectivity index (χ0v) is 18.2. The van der Waals surface area contributed by atoms with E-state index in [1.165, 1.54) is 62.5 Å². The maximum absolute atomic E-state index is 12.5. The maximum Gasteiger partial charge on any atom is 0.341 e. The molecule has 0 radical (unpaired) electrons. The van der Waals surface area contributed by atoms with Crippen LogP contribution in [-0.4, -0.2) is 24.2 Å². The molecule has 0 spiro atoms. The summed E-state index contributed by atoms with van der Waals surface area (Å²) < 4.78 is 5.12. The Balaban J connectivity index is 1.33. The predicted molar refractivity (Wildman–Crippen MR) is 117 cm³/mol. The number of ether oxygens (including phenoxy) is 1. The van der Waals surface area contributed by atoms with E-state index in [9.17, 15) is 4.79 Å². The fourth-order valence-electron chi connectivity index (χ4n) is 6.60. The largest absolute Gasteiger partial charge is 0.465 e. The first-order valence-corrected chi connectivity index (χ1v) is 12.1. The van der Waals surface area contributed by atoms with E-state index in [1.54, 1.807) is 11.3 Å². The van der Waals surface area contributed by atoms with Gasteiger partial charge in [-0.3, -0.25) is 0 Å². The summed E-state index contributed by atoms with van der Waals surface area (Å²) in [5, 5.41) is 8.62. The van der Waals surface area contributed by atoms with Crippen LogP contribution in [0, 0.1) is 23.7 Å². The SMILES string of the molecule is COC(=O)c1c(NC(=S)NC2C3CC4CC(C3)CC2C4)sc2c1CCCCC2. The van der Waals surface area contributed by atoms with Gasteiger partial charge >= 0.3 is 5.97 Å². The number of carbonyl (C=O) groups excluding carboxylic acids is 1.